The van der Waals surface area contributed by atoms with E-state index in [0.29, 0.717) is 0 Å². The Balaban J connectivity index is 2.54. The predicted molar refractivity (Wildman–Crippen MR) is 57.5 cm³/mol. The Morgan fingerprint density at radius 2 is 2.00 bits per heavy atom. The molecule has 0 heterocycles. The Bertz CT molecular complexity index is 20.9. The molecule has 0 fully saturated rings. The zero-order chi connectivity index (χ0) is 4.28. The first-order valence-corrected chi connectivity index (χ1v) is 13.7. The van der Waals surface area contributed by atoms with Crippen LogP contribution in [-0.2, 0) is 0 Å². The minimum atomic E-state index is -0.534. The van der Waals surface area contributed by atoms with Gasteiger partial charge in [-0.15, -0.1) is 0 Å². The monoisotopic (exact) mass is 425 g/mol. The summed E-state index contributed by atoms with van der Waals surface area (Å²) in [7, 11) is 0. The van der Waals surface area contributed by atoms with Crippen molar-refractivity contribution in [3.05, 3.63) is 0 Å². The van der Waals surface area contributed by atoms with Gasteiger partial charge in [0.05, 0.1) is 0 Å². The second-order valence-electron chi connectivity index (χ2n) is 0.373. The van der Waals surface area contributed by atoms with Gasteiger partial charge in [0.15, 0.2) is 0 Å². The van der Waals surface area contributed by atoms with E-state index in [-0.39, 0.29) is 0 Å². The third-order valence-electron chi connectivity index (χ3n) is 0.0788. The molecule has 0 nitrogen and oxygen atoms in total. The fourth-order valence-electron chi connectivity index (χ4n) is 0. The van der Waals surface area contributed by atoms with Crippen LogP contribution in [0.5, 0.6) is 0 Å². The van der Waals surface area contributed by atoms with E-state index in [4.69, 9.17) is 0 Å². The van der Waals surface area contributed by atoms with E-state index in [1.54, 1.807) is 0 Å². The van der Waals surface area contributed by atoms with Gasteiger partial charge in [-0.3, -0.25) is 0 Å². The van der Waals surface area contributed by atoms with Crippen LogP contribution in [0, 0.1) is 0 Å². The molecule has 0 amide bonds. The molecular weight excluding hydrogens is 422 g/mol. The van der Waals surface area contributed by atoms with Crippen LogP contribution in [-0.4, -0.2) is 2.99 Å². The molecule has 1 unspecified atom stereocenters. The molecule has 0 aliphatic heterocycles. The van der Waals surface area contributed by atoms with Gasteiger partial charge < -0.3 is 0 Å². The molecule has 0 spiro atoms. The normalized spacial score (nSPS) is 10.6. The quantitative estimate of drug-likeness (QED) is 0.345. The first kappa shape index (κ1) is 7.68. The van der Waals surface area contributed by atoms with Crippen LogP contribution in [0.3, 0.4) is 0 Å². The van der Waals surface area contributed by atoms with Gasteiger partial charge in [0.1, 0.15) is 0 Å². The van der Waals surface area contributed by atoms with E-state index in [2.05, 4.69) is 50.9 Å². The summed E-state index contributed by atoms with van der Waals surface area (Å²) in [6, 6.07) is 0. The van der Waals surface area contributed by atoms with Crippen molar-refractivity contribution in [2.24, 2.45) is 0 Å². The molecule has 0 aromatic heterocycles. The second-order valence-corrected chi connectivity index (χ2v) is 21.1. The summed E-state index contributed by atoms with van der Waals surface area (Å²) in [6.45, 7) is 2.81. The number of rotatable bonds is 1. The molecule has 0 saturated carbocycles. The van der Waals surface area contributed by atoms with Crippen molar-refractivity contribution in [3.63, 3.8) is 0 Å². The summed E-state index contributed by atoms with van der Waals surface area (Å²) < 4.78 is 2.24. The Labute approximate surface area is 64.6 Å². The fourth-order valence-corrected chi connectivity index (χ4v) is 0. The molecule has 5 heteroatoms. The topological polar surface area (TPSA) is 0 Å². The molecule has 5 heavy (non-hydrogen) atoms. The maximum absolute atomic E-state index is 2.81. The molecule has 0 N–H and O–H groups in total. The number of halogens is 3. The summed E-state index contributed by atoms with van der Waals surface area (Å²) in [4.78, 5) is 0. The predicted octanol–water partition coefficient (Wildman–Crippen LogP) is 2.60. The van der Waals surface area contributed by atoms with Crippen LogP contribution in [0.2, 0.25) is 0 Å². The Morgan fingerprint density at radius 3 is 2.00 bits per heavy atom. The molecule has 31 valence electrons. The van der Waals surface area contributed by atoms with Gasteiger partial charge in [0, 0.05) is 0 Å². The second kappa shape index (κ2) is 4.83. The molecule has 0 bridgehead atoms. The standard InChI is InChI=1S/BH2I3P/c2-1-4(3)5/h5H2. The van der Waals surface area contributed by atoms with Gasteiger partial charge in [0.25, 0.3) is 0 Å². The molecule has 1 atom stereocenters. The number of hydrogen-bond donors (Lipinski definition) is 0. The van der Waals surface area contributed by atoms with Crippen LogP contribution in [0.4, 0.5) is 0 Å². The van der Waals surface area contributed by atoms with E-state index in [1.165, 1.54) is 0 Å². The molecule has 0 saturated heterocycles. The summed E-state index contributed by atoms with van der Waals surface area (Å²) in [6.07, 6.45) is 0. The minimum absolute atomic E-state index is 0.534. The fraction of sp³-hybridized carbons (Fsp3) is 0. The summed E-state index contributed by atoms with van der Waals surface area (Å²) in [5.74, 6) is 0. The van der Waals surface area contributed by atoms with E-state index in [9.17, 15) is 0 Å². The molecule has 0 aromatic rings. The zero-order valence-corrected chi connectivity index (χ0v) is 9.92. The van der Waals surface area contributed by atoms with E-state index in [1.807, 2.05) is 0 Å². The van der Waals surface area contributed by atoms with Crippen molar-refractivity contribution in [3.8, 4) is 0 Å². The first-order valence-electron chi connectivity index (χ1n) is 0.798. The van der Waals surface area contributed by atoms with Gasteiger partial charge in [-0.1, -0.05) is 0 Å². The van der Waals surface area contributed by atoms with Gasteiger partial charge >= 0.3 is 65.9 Å². The van der Waals surface area contributed by atoms with Gasteiger partial charge in [-0.25, -0.2) is 0 Å². The van der Waals surface area contributed by atoms with Crippen molar-refractivity contribution < 1.29 is 0 Å². The SMILES string of the molecule is PI(I)[B]I. The molecule has 0 rings (SSSR count). The molecule has 0 aromatic carbocycles. The Kier molecular flexibility index (Phi) is 7.43. The van der Waals surface area contributed by atoms with Crippen molar-refractivity contribution in [1.82, 2.24) is 0 Å². The van der Waals surface area contributed by atoms with Crippen molar-refractivity contribution in [2.45, 2.75) is 0 Å². The van der Waals surface area contributed by atoms with Crippen molar-refractivity contribution in [2.75, 3.05) is 0 Å². The van der Waals surface area contributed by atoms with Crippen molar-refractivity contribution in [1.29, 1.82) is 0 Å². The van der Waals surface area contributed by atoms with Gasteiger partial charge in [-0.2, -0.15) is 0 Å². The van der Waals surface area contributed by atoms with E-state index < -0.39 is 15.1 Å². The van der Waals surface area contributed by atoms with E-state index in [0.717, 1.165) is 0 Å². The number of hydrogen-bond acceptors (Lipinski definition) is 0. The summed E-state index contributed by atoms with van der Waals surface area (Å²) >= 11 is 4.22. The first-order chi connectivity index (χ1) is 2.27. The average molecular weight is 425 g/mol. The van der Waals surface area contributed by atoms with Gasteiger partial charge in [-0.05, 0) is 0 Å². The van der Waals surface area contributed by atoms with Crippen LogP contribution in [0.25, 0.3) is 0 Å². The third-order valence-corrected chi connectivity index (χ3v) is 15.8. The summed E-state index contributed by atoms with van der Waals surface area (Å²) in [5, 5.41) is 0. The third kappa shape index (κ3) is 6.68. The van der Waals surface area contributed by atoms with Crippen LogP contribution in [0.1, 0.15) is 0 Å². The maximum atomic E-state index is 2.81. The van der Waals surface area contributed by atoms with Crippen LogP contribution >= 0.6 is 63.0 Å². The van der Waals surface area contributed by atoms with Crippen molar-refractivity contribution >= 4 is 65.9 Å². The molecule has 0 aliphatic rings. The molecular formula is H2BI3P. The van der Waals surface area contributed by atoms with E-state index >= 15 is 0 Å². The van der Waals surface area contributed by atoms with Gasteiger partial charge in [0.2, 0.25) is 0 Å². The Morgan fingerprint density at radius 1 is 1.80 bits per heavy atom. The Hall–Kier alpha value is 2.68. The molecule has 0 aliphatic carbocycles. The van der Waals surface area contributed by atoms with Crippen LogP contribution in [0.15, 0.2) is 0 Å². The average Bonchev–Trinajstić information content (AvgIpc) is 1.38. The summed E-state index contributed by atoms with van der Waals surface area (Å²) in [5.41, 5.74) is 0. The van der Waals surface area contributed by atoms with Crippen LogP contribution < -0.4 is 0 Å². The zero-order valence-electron chi connectivity index (χ0n) is 2.29. The molecule has 1 radical (unpaired) electrons.